The van der Waals surface area contributed by atoms with E-state index in [0.29, 0.717) is 39.3 Å². The van der Waals surface area contributed by atoms with E-state index in [4.69, 9.17) is 4.74 Å². The second-order valence-corrected chi connectivity index (χ2v) is 20.2. The molecule has 55 heavy (non-hydrogen) atoms. The van der Waals surface area contributed by atoms with Crippen molar-refractivity contribution in [2.45, 2.75) is 88.6 Å². The Morgan fingerprint density at radius 1 is 0.400 bits per heavy atom. The van der Waals surface area contributed by atoms with Gasteiger partial charge in [0.05, 0.1) is 42.6 Å². The molecule has 18 atom stereocenters. The van der Waals surface area contributed by atoms with Gasteiger partial charge in [-0.1, -0.05) is 13.8 Å². The summed E-state index contributed by atoms with van der Waals surface area (Å²) in [6, 6.07) is -0.455. The number of fused-ring (bicyclic) bond motifs is 6. The molecule has 0 radical (unpaired) electrons. The van der Waals surface area contributed by atoms with Gasteiger partial charge in [-0.2, -0.15) is 0 Å². The van der Waals surface area contributed by atoms with Crippen LogP contribution >= 0.6 is 0 Å². The van der Waals surface area contributed by atoms with Crippen LogP contribution in [0.3, 0.4) is 0 Å². The predicted molar refractivity (Wildman–Crippen MR) is 189 cm³/mol. The van der Waals surface area contributed by atoms with Gasteiger partial charge >= 0.3 is 5.97 Å². The topological polar surface area (TPSA) is 148 Å². The van der Waals surface area contributed by atoms with Crippen molar-refractivity contribution in [2.75, 3.05) is 46.4 Å². The number of hydrogen-bond acceptors (Lipinski definition) is 8. The predicted octanol–water partition coefficient (Wildman–Crippen LogP) is -0.103. The Hall–Kier alpha value is -3.71. The normalized spacial score (nSPS) is 47.9. The standard InChI is InChI=1S/C41H52N6O8/c1-16(2)35(48)42-10-17-4-23(42)29(17)36(49)43-11-18-5-24(43)30(18)37(50)44-12-19-6-25(44)31(19)38(51)45-13-20-7-26(45)32(20)39(52)46-14-21-8-27(46)33(21)40(53)47-15-22-9-28(47)34(22)41(54)55-3/h16-34H,4-15H2,1-3H3. The van der Waals surface area contributed by atoms with Crippen molar-refractivity contribution < 1.29 is 38.3 Å². The molecule has 12 bridgehead atoms. The lowest BCUT2D eigenvalue weighted by atomic mass is 9.70. The van der Waals surface area contributed by atoms with Gasteiger partial charge in [0, 0.05) is 81.4 Å². The summed E-state index contributed by atoms with van der Waals surface area (Å²) < 4.78 is 4.99. The molecule has 12 saturated heterocycles. The average molecular weight is 757 g/mol. The molecule has 14 nitrogen and oxygen atoms in total. The molecule has 18 unspecified atom stereocenters. The third-order valence-electron chi connectivity index (χ3n) is 17.9. The number of ether oxygens (including phenoxy) is 1. The van der Waals surface area contributed by atoms with Gasteiger partial charge < -0.3 is 34.1 Å². The van der Waals surface area contributed by atoms with Crippen molar-refractivity contribution in [3.63, 3.8) is 0 Å². The molecule has 0 aromatic rings. The van der Waals surface area contributed by atoms with Crippen LogP contribution in [0.5, 0.6) is 0 Å². The first-order chi connectivity index (χ1) is 26.4. The van der Waals surface area contributed by atoms with Crippen molar-refractivity contribution in [3.8, 4) is 0 Å². The zero-order valence-corrected chi connectivity index (χ0v) is 31.9. The van der Waals surface area contributed by atoms with Gasteiger partial charge in [-0.15, -0.1) is 0 Å². The Morgan fingerprint density at radius 3 is 0.909 bits per heavy atom. The highest BCUT2D eigenvalue weighted by atomic mass is 16.5. The molecule has 6 amide bonds. The molecule has 12 heterocycles. The molecule has 294 valence electrons. The van der Waals surface area contributed by atoms with Gasteiger partial charge in [0.25, 0.3) is 0 Å². The van der Waals surface area contributed by atoms with Crippen LogP contribution in [0.25, 0.3) is 0 Å². The van der Waals surface area contributed by atoms with Crippen molar-refractivity contribution >= 4 is 41.4 Å². The van der Waals surface area contributed by atoms with Crippen molar-refractivity contribution in [2.24, 2.45) is 76.9 Å². The zero-order valence-electron chi connectivity index (χ0n) is 31.9. The monoisotopic (exact) mass is 756 g/mol. The van der Waals surface area contributed by atoms with E-state index < -0.39 is 0 Å². The average Bonchev–Trinajstić information content (AvgIpc) is 3.98. The van der Waals surface area contributed by atoms with Gasteiger partial charge in [-0.25, -0.2) is 0 Å². The van der Waals surface area contributed by atoms with Crippen LogP contribution in [-0.4, -0.2) is 153 Å². The Kier molecular flexibility index (Phi) is 6.70. The van der Waals surface area contributed by atoms with E-state index in [2.05, 4.69) is 0 Å². The molecule has 0 aromatic carbocycles. The maximum absolute atomic E-state index is 14.2. The number of amides is 6. The number of carbonyl (C=O) groups is 7. The minimum absolute atomic E-state index is 0.000368. The highest BCUT2D eigenvalue weighted by Gasteiger charge is 2.69. The molecular weight excluding hydrogens is 704 g/mol. The highest BCUT2D eigenvalue weighted by Crippen LogP contribution is 2.58. The number of methoxy groups -OCH3 is 1. The lowest BCUT2D eigenvalue weighted by Crippen LogP contribution is -2.57. The molecule has 6 saturated carbocycles. The van der Waals surface area contributed by atoms with Gasteiger partial charge in [-0.3, -0.25) is 33.6 Å². The maximum Gasteiger partial charge on any atom is 0.311 e. The van der Waals surface area contributed by atoms with Gasteiger partial charge in [0.15, 0.2) is 0 Å². The molecule has 0 aromatic heterocycles. The molecule has 14 heteroatoms. The van der Waals surface area contributed by atoms with E-state index in [1.165, 1.54) is 7.11 Å². The summed E-state index contributed by atoms with van der Waals surface area (Å²) in [6.45, 7) is 7.49. The lowest BCUT2D eigenvalue weighted by Gasteiger charge is -2.44. The maximum atomic E-state index is 14.2. The molecular formula is C41H52N6O8. The summed E-state index contributed by atoms with van der Waals surface area (Å²) in [7, 11) is 1.40. The molecule has 0 N–H and O–H groups in total. The van der Waals surface area contributed by atoms with Crippen molar-refractivity contribution in [3.05, 3.63) is 0 Å². The molecule has 0 spiro atoms. The molecule has 6 aliphatic carbocycles. The number of rotatable bonds is 7. The van der Waals surface area contributed by atoms with E-state index in [0.717, 1.165) is 38.5 Å². The van der Waals surface area contributed by atoms with Gasteiger partial charge in [0.2, 0.25) is 35.4 Å². The second-order valence-electron chi connectivity index (χ2n) is 20.2. The molecule has 18 aliphatic rings. The SMILES string of the molecule is COC(=O)C1C2CC1N(C(=O)C1C3CC1N(C(=O)C1C4CC1N(C(=O)C1C5CC1N(C(=O)C1C6CC1N(C(=O)C1C7CC1N(C(=O)C(C)C)C7)C6)C5)C4)C3)C2. The van der Waals surface area contributed by atoms with E-state index in [1.54, 1.807) is 0 Å². The molecule has 18 fully saturated rings. The van der Waals surface area contributed by atoms with Crippen LogP contribution in [0, 0.1) is 76.9 Å². The quantitative estimate of drug-likeness (QED) is 0.328. The first-order valence-electron chi connectivity index (χ1n) is 21.4. The minimum atomic E-state index is -0.228. The summed E-state index contributed by atoms with van der Waals surface area (Å²) in [6.07, 6.45) is 5.14. The third-order valence-corrected chi connectivity index (χ3v) is 17.9. The van der Waals surface area contributed by atoms with Crippen LogP contribution in [0.1, 0.15) is 52.4 Å². The Labute approximate surface area is 320 Å². The minimum Gasteiger partial charge on any atom is -0.469 e. The molecule has 18 rings (SSSR count). The highest BCUT2D eigenvalue weighted by molar-refractivity contribution is 5.92. The lowest BCUT2D eigenvalue weighted by molar-refractivity contribution is -0.153. The third kappa shape index (κ3) is 4.04. The number of nitrogens with zero attached hydrogens (tertiary/aromatic N) is 6. The van der Waals surface area contributed by atoms with Crippen molar-refractivity contribution in [1.29, 1.82) is 0 Å². The van der Waals surface area contributed by atoms with Crippen LogP contribution in [0.15, 0.2) is 0 Å². The Balaban J connectivity index is 0.663. The van der Waals surface area contributed by atoms with Crippen LogP contribution in [-0.2, 0) is 38.3 Å². The summed E-state index contributed by atoms with van der Waals surface area (Å²) in [5, 5.41) is 0. The summed E-state index contributed by atoms with van der Waals surface area (Å²) in [4.78, 5) is 107. The van der Waals surface area contributed by atoms with E-state index in [-0.39, 0.29) is 155 Å². The van der Waals surface area contributed by atoms with Gasteiger partial charge in [-0.05, 0) is 74.0 Å². The van der Waals surface area contributed by atoms with Crippen LogP contribution in [0.4, 0.5) is 0 Å². The summed E-state index contributed by atoms with van der Waals surface area (Å²) in [5.74, 6) is 0.202. The second kappa shape index (κ2) is 11.0. The zero-order chi connectivity index (χ0) is 37.7. The molecule has 12 aliphatic heterocycles. The smallest absolute Gasteiger partial charge is 0.311 e. The Morgan fingerprint density at radius 2 is 0.636 bits per heavy atom. The van der Waals surface area contributed by atoms with E-state index in [9.17, 15) is 33.6 Å². The number of esters is 1. The van der Waals surface area contributed by atoms with Crippen LogP contribution in [0.2, 0.25) is 0 Å². The Bertz CT molecular complexity index is 1850. The fourth-order valence-electron chi connectivity index (χ4n) is 14.8. The van der Waals surface area contributed by atoms with Gasteiger partial charge in [0.1, 0.15) is 0 Å². The fraction of sp³-hybridized carbons (Fsp3) is 0.829. The summed E-state index contributed by atoms with van der Waals surface area (Å²) in [5.41, 5.74) is 0. The first kappa shape index (κ1) is 33.4. The fourth-order valence-corrected chi connectivity index (χ4v) is 14.8. The van der Waals surface area contributed by atoms with Crippen LogP contribution < -0.4 is 0 Å². The number of hydrogen-bond donors (Lipinski definition) is 0. The van der Waals surface area contributed by atoms with E-state index in [1.807, 2.05) is 43.2 Å². The first-order valence-corrected chi connectivity index (χ1v) is 21.4. The summed E-state index contributed by atoms with van der Waals surface area (Å²) >= 11 is 0. The van der Waals surface area contributed by atoms with Crippen molar-refractivity contribution in [1.82, 2.24) is 29.4 Å². The van der Waals surface area contributed by atoms with E-state index >= 15 is 0 Å². The largest absolute Gasteiger partial charge is 0.469 e. The number of carbonyl (C=O) groups excluding carboxylic acids is 7.